The lowest BCUT2D eigenvalue weighted by molar-refractivity contribution is -0.147. The number of nitrogens with zero attached hydrogens (tertiary/aromatic N) is 3. The molecule has 0 fully saturated rings. The predicted molar refractivity (Wildman–Crippen MR) is 85.9 cm³/mol. The minimum absolute atomic E-state index is 0.224. The molecule has 0 unspecified atom stereocenters. The molecule has 7 nitrogen and oxygen atoms in total. The number of carbonyl (C=O) groups is 2. The van der Waals surface area contributed by atoms with E-state index in [2.05, 4.69) is 4.98 Å². The van der Waals surface area contributed by atoms with Crippen molar-refractivity contribution in [3.8, 4) is 0 Å². The van der Waals surface area contributed by atoms with E-state index >= 15 is 0 Å². The van der Waals surface area contributed by atoms with E-state index in [-0.39, 0.29) is 12.5 Å². The van der Waals surface area contributed by atoms with Gasteiger partial charge >= 0.3 is 12.1 Å². The Morgan fingerprint density at radius 2 is 1.96 bits per heavy atom. The van der Waals surface area contributed by atoms with Crippen LogP contribution in [0.15, 0.2) is 12.5 Å². The molecule has 7 heteroatoms. The quantitative estimate of drug-likeness (QED) is 0.776. The number of imidazole rings is 1. The molecule has 0 aliphatic rings. The highest BCUT2D eigenvalue weighted by atomic mass is 16.6. The van der Waals surface area contributed by atoms with Gasteiger partial charge in [-0.25, -0.2) is 14.6 Å². The van der Waals surface area contributed by atoms with Crippen molar-refractivity contribution in [2.24, 2.45) is 7.05 Å². The molecule has 0 N–H and O–H groups in total. The number of methoxy groups -OCH3 is 1. The van der Waals surface area contributed by atoms with Crippen molar-refractivity contribution in [2.45, 2.75) is 58.7 Å². The second-order valence-corrected chi connectivity index (χ2v) is 6.75. The summed E-state index contributed by atoms with van der Waals surface area (Å²) in [4.78, 5) is 30.4. The summed E-state index contributed by atoms with van der Waals surface area (Å²) in [6, 6.07) is -1.01. The van der Waals surface area contributed by atoms with E-state index in [1.807, 2.05) is 27.1 Å². The molecule has 0 saturated carbocycles. The van der Waals surface area contributed by atoms with Crippen LogP contribution in [0.3, 0.4) is 0 Å². The molecule has 0 aliphatic heterocycles. The van der Waals surface area contributed by atoms with Crippen LogP contribution in [0, 0.1) is 0 Å². The first-order chi connectivity index (χ1) is 10.5. The minimum Gasteiger partial charge on any atom is -0.467 e. The van der Waals surface area contributed by atoms with Crippen LogP contribution < -0.4 is 0 Å². The van der Waals surface area contributed by atoms with Gasteiger partial charge in [-0.3, -0.25) is 4.90 Å². The van der Waals surface area contributed by atoms with E-state index in [4.69, 9.17) is 9.47 Å². The van der Waals surface area contributed by atoms with Gasteiger partial charge in [-0.1, -0.05) is 0 Å². The van der Waals surface area contributed by atoms with Crippen LogP contribution in [-0.2, 0) is 27.7 Å². The Labute approximate surface area is 137 Å². The van der Waals surface area contributed by atoms with Gasteiger partial charge in [0.2, 0.25) is 0 Å². The molecule has 1 atom stereocenters. The van der Waals surface area contributed by atoms with Crippen molar-refractivity contribution in [3.63, 3.8) is 0 Å². The van der Waals surface area contributed by atoms with Gasteiger partial charge in [0.15, 0.2) is 0 Å². The predicted octanol–water partition coefficient (Wildman–Crippen LogP) is 2.15. The highest BCUT2D eigenvalue weighted by molar-refractivity contribution is 5.82. The maximum absolute atomic E-state index is 12.5. The number of aromatic nitrogens is 2. The molecule has 1 rings (SSSR count). The van der Waals surface area contributed by atoms with Gasteiger partial charge in [0.05, 0.1) is 19.1 Å². The van der Waals surface area contributed by atoms with Gasteiger partial charge in [-0.2, -0.15) is 0 Å². The average molecular weight is 325 g/mol. The van der Waals surface area contributed by atoms with Gasteiger partial charge in [-0.15, -0.1) is 0 Å². The zero-order valence-electron chi connectivity index (χ0n) is 15.0. The van der Waals surface area contributed by atoms with Gasteiger partial charge < -0.3 is 14.0 Å². The van der Waals surface area contributed by atoms with Crippen LogP contribution in [0.1, 0.15) is 40.3 Å². The summed E-state index contributed by atoms with van der Waals surface area (Å²) in [6.07, 6.45) is 3.18. The largest absolute Gasteiger partial charge is 0.467 e. The van der Waals surface area contributed by atoms with Gasteiger partial charge in [0.25, 0.3) is 0 Å². The highest BCUT2D eigenvalue weighted by Gasteiger charge is 2.36. The molecule has 1 heterocycles. The van der Waals surface area contributed by atoms with Crippen molar-refractivity contribution in [1.29, 1.82) is 0 Å². The Bertz CT molecular complexity index is 546. The molecular weight excluding hydrogens is 298 g/mol. The van der Waals surface area contributed by atoms with E-state index in [1.165, 1.54) is 12.0 Å². The summed E-state index contributed by atoms with van der Waals surface area (Å²) < 4.78 is 12.1. The zero-order chi connectivity index (χ0) is 17.8. The summed E-state index contributed by atoms with van der Waals surface area (Å²) in [5.74, 6) is -0.491. The molecule has 1 aromatic heterocycles. The number of ether oxygens (including phenoxy) is 2. The second kappa shape index (κ2) is 7.48. The zero-order valence-corrected chi connectivity index (χ0v) is 15.0. The Morgan fingerprint density at radius 1 is 1.35 bits per heavy atom. The minimum atomic E-state index is -0.787. The molecule has 1 aromatic rings. The Kier molecular flexibility index (Phi) is 6.18. The number of amides is 1. The van der Waals surface area contributed by atoms with Crippen molar-refractivity contribution >= 4 is 12.1 Å². The number of rotatable bonds is 5. The maximum Gasteiger partial charge on any atom is 0.411 e. The lowest BCUT2D eigenvalue weighted by Gasteiger charge is -2.34. The molecule has 23 heavy (non-hydrogen) atoms. The molecule has 0 aliphatic carbocycles. The monoisotopic (exact) mass is 325 g/mol. The van der Waals surface area contributed by atoms with E-state index in [0.717, 1.165) is 0 Å². The molecular formula is C16H27N3O4. The van der Waals surface area contributed by atoms with E-state index in [9.17, 15) is 9.59 Å². The molecule has 130 valence electrons. The number of hydrogen-bond acceptors (Lipinski definition) is 5. The Hall–Kier alpha value is -2.05. The van der Waals surface area contributed by atoms with Crippen molar-refractivity contribution in [3.05, 3.63) is 18.2 Å². The summed E-state index contributed by atoms with van der Waals surface area (Å²) in [5, 5.41) is 0. The topological polar surface area (TPSA) is 73.7 Å². The molecule has 1 amide bonds. The fourth-order valence-corrected chi connectivity index (χ4v) is 2.21. The van der Waals surface area contributed by atoms with Crippen LogP contribution in [0.2, 0.25) is 0 Å². The van der Waals surface area contributed by atoms with Crippen molar-refractivity contribution in [2.75, 3.05) is 7.11 Å². The summed E-state index contributed by atoms with van der Waals surface area (Å²) in [5.41, 5.74) is 0.0627. The van der Waals surface area contributed by atoms with Gasteiger partial charge in [0.1, 0.15) is 11.6 Å². The molecule has 0 bridgehead atoms. The number of aryl methyl sites for hydroxylation is 1. The molecule has 0 radical (unpaired) electrons. The normalized spacial score (nSPS) is 12.9. The standard InChI is InChI=1S/C16H27N3O4/c1-11(2)19(15(21)23-16(3,4)5)13(14(20)22-7)8-12-9-18(6)10-17-12/h9-11,13H,8H2,1-7H3/t13-/m0/s1. The second-order valence-electron chi connectivity index (χ2n) is 6.75. The van der Waals surface area contributed by atoms with Crippen molar-refractivity contribution in [1.82, 2.24) is 14.5 Å². The lowest BCUT2D eigenvalue weighted by Crippen LogP contribution is -2.52. The Morgan fingerprint density at radius 3 is 2.35 bits per heavy atom. The number of carbonyl (C=O) groups excluding carboxylic acids is 2. The SMILES string of the molecule is COC(=O)[C@H](Cc1cn(C)cn1)N(C(=O)OC(C)(C)C)C(C)C. The number of hydrogen-bond donors (Lipinski definition) is 0. The van der Waals surface area contributed by atoms with Crippen LogP contribution in [0.5, 0.6) is 0 Å². The average Bonchev–Trinajstić information content (AvgIpc) is 2.80. The van der Waals surface area contributed by atoms with E-state index in [1.54, 1.807) is 31.7 Å². The Balaban J connectivity index is 3.08. The maximum atomic E-state index is 12.5. The van der Waals surface area contributed by atoms with E-state index in [0.29, 0.717) is 5.69 Å². The fraction of sp³-hybridized carbons (Fsp3) is 0.688. The third-order valence-electron chi connectivity index (χ3n) is 3.13. The lowest BCUT2D eigenvalue weighted by atomic mass is 10.1. The third kappa shape index (κ3) is 5.58. The van der Waals surface area contributed by atoms with Crippen LogP contribution >= 0.6 is 0 Å². The molecule has 0 saturated heterocycles. The first-order valence-electron chi connectivity index (χ1n) is 7.61. The fourth-order valence-electron chi connectivity index (χ4n) is 2.21. The summed E-state index contributed by atoms with van der Waals surface area (Å²) in [6.45, 7) is 9.02. The summed E-state index contributed by atoms with van der Waals surface area (Å²) >= 11 is 0. The third-order valence-corrected chi connectivity index (χ3v) is 3.13. The van der Waals surface area contributed by atoms with Crippen LogP contribution in [-0.4, -0.2) is 51.3 Å². The smallest absolute Gasteiger partial charge is 0.411 e. The first-order valence-corrected chi connectivity index (χ1v) is 7.61. The van der Waals surface area contributed by atoms with Gasteiger partial charge in [-0.05, 0) is 34.6 Å². The summed E-state index contributed by atoms with van der Waals surface area (Å²) in [7, 11) is 3.15. The van der Waals surface area contributed by atoms with Gasteiger partial charge in [0, 0.05) is 25.7 Å². The number of esters is 1. The van der Waals surface area contributed by atoms with Crippen LogP contribution in [0.4, 0.5) is 4.79 Å². The molecule has 0 aromatic carbocycles. The first kappa shape index (κ1) is 19.0. The van der Waals surface area contributed by atoms with Crippen molar-refractivity contribution < 1.29 is 19.1 Å². The molecule has 0 spiro atoms. The highest BCUT2D eigenvalue weighted by Crippen LogP contribution is 2.18. The van der Waals surface area contributed by atoms with Crippen LogP contribution in [0.25, 0.3) is 0 Å². The van der Waals surface area contributed by atoms with E-state index < -0.39 is 23.7 Å².